The van der Waals surface area contributed by atoms with E-state index in [1.807, 2.05) is 61.5 Å². The summed E-state index contributed by atoms with van der Waals surface area (Å²) < 4.78 is 12.2. The third-order valence-electron chi connectivity index (χ3n) is 6.70. The molecule has 0 radical (unpaired) electrons. The van der Waals surface area contributed by atoms with Crippen LogP contribution in [0.3, 0.4) is 0 Å². The van der Waals surface area contributed by atoms with Crippen molar-refractivity contribution in [3.05, 3.63) is 28.9 Å². The number of pyridine rings is 1. The van der Waals surface area contributed by atoms with Gasteiger partial charge in [0, 0.05) is 42.2 Å². The van der Waals surface area contributed by atoms with E-state index in [1.165, 1.54) is 11.3 Å². The first-order valence-corrected chi connectivity index (χ1v) is 15.9. The molecule has 1 aliphatic rings. The first-order valence-electron chi connectivity index (χ1n) is 14.3. The van der Waals surface area contributed by atoms with E-state index in [2.05, 4.69) is 10.3 Å². The molecule has 0 saturated carbocycles. The predicted octanol–water partition coefficient (Wildman–Crippen LogP) is 7.08. The van der Waals surface area contributed by atoms with Gasteiger partial charge in [-0.05, 0) is 72.9 Å². The Bertz CT molecular complexity index is 1420. The number of amides is 3. The fourth-order valence-corrected chi connectivity index (χ4v) is 6.89. The number of rotatable bonds is 7. The molecule has 1 N–H and O–H groups in total. The Balaban J connectivity index is 1.59. The number of nitrogens with zero attached hydrogens (tertiary/aromatic N) is 4. The van der Waals surface area contributed by atoms with Crippen molar-refractivity contribution in [3.63, 3.8) is 0 Å². The maximum absolute atomic E-state index is 13.3. The van der Waals surface area contributed by atoms with E-state index >= 15 is 0 Å². The van der Waals surface area contributed by atoms with Gasteiger partial charge in [0.15, 0.2) is 0 Å². The molecule has 42 heavy (non-hydrogen) atoms. The minimum Gasteiger partial charge on any atom is -0.444 e. The number of aromatic nitrogens is 2. The van der Waals surface area contributed by atoms with Crippen molar-refractivity contribution in [3.8, 4) is 10.6 Å². The molecule has 0 aliphatic carbocycles. The summed E-state index contributed by atoms with van der Waals surface area (Å²) in [6, 6.07) is 1.85. The average molecular weight is 616 g/mol. The molecule has 4 heterocycles. The molecule has 3 aromatic heterocycles. The number of hydrogen-bond donors (Lipinski definition) is 1. The fraction of sp³-hybridized carbons (Fsp3) is 0.567. The first-order chi connectivity index (χ1) is 19.6. The first kappa shape index (κ1) is 31.7. The van der Waals surface area contributed by atoms with Crippen LogP contribution in [0.2, 0.25) is 0 Å². The molecule has 1 unspecified atom stereocenters. The number of ether oxygens (including phenoxy) is 2. The second-order valence-electron chi connectivity index (χ2n) is 12.5. The summed E-state index contributed by atoms with van der Waals surface area (Å²) in [7, 11) is 0. The number of carbonyl (C=O) groups is 3. The van der Waals surface area contributed by atoms with Gasteiger partial charge in [-0.1, -0.05) is 6.92 Å². The molecular weight excluding hydrogens is 574 g/mol. The normalized spacial score (nSPS) is 14.3. The maximum atomic E-state index is 13.3. The third-order valence-corrected chi connectivity index (χ3v) is 8.88. The Morgan fingerprint density at radius 2 is 1.83 bits per heavy atom. The number of thiophene rings is 1. The molecule has 12 heteroatoms. The van der Waals surface area contributed by atoms with Crippen LogP contribution < -0.4 is 5.32 Å². The van der Waals surface area contributed by atoms with E-state index in [-0.39, 0.29) is 31.0 Å². The summed E-state index contributed by atoms with van der Waals surface area (Å²) in [5.74, 6) is -0.210. The SMILES string of the molecule is CCC(C)N(CCC(=O)Nc1sc2c(c1-c1nc3cnccc3s1)CCN(C(=O)OC(C)(C)C)C2)C(=O)OC(C)(C)C. The Kier molecular flexibility index (Phi) is 9.46. The average Bonchev–Trinajstić information content (AvgIpc) is 3.46. The van der Waals surface area contributed by atoms with E-state index in [4.69, 9.17) is 14.5 Å². The van der Waals surface area contributed by atoms with Gasteiger partial charge in [0.2, 0.25) is 5.91 Å². The summed E-state index contributed by atoms with van der Waals surface area (Å²) in [6.07, 6.45) is 4.15. The van der Waals surface area contributed by atoms with Crippen LogP contribution in [0.5, 0.6) is 0 Å². The van der Waals surface area contributed by atoms with Gasteiger partial charge in [0.1, 0.15) is 26.7 Å². The second kappa shape index (κ2) is 12.5. The van der Waals surface area contributed by atoms with Crippen molar-refractivity contribution < 1.29 is 23.9 Å². The van der Waals surface area contributed by atoms with Gasteiger partial charge < -0.3 is 24.6 Å². The van der Waals surface area contributed by atoms with Gasteiger partial charge in [0.05, 0.1) is 17.4 Å². The largest absolute Gasteiger partial charge is 0.444 e. The molecular formula is C30H41N5O5S2. The molecule has 3 amide bonds. The topological polar surface area (TPSA) is 114 Å². The van der Waals surface area contributed by atoms with Crippen molar-refractivity contribution in [2.45, 2.75) is 98.4 Å². The van der Waals surface area contributed by atoms with E-state index in [0.717, 1.165) is 37.6 Å². The van der Waals surface area contributed by atoms with Crippen LogP contribution in [0, 0.1) is 0 Å². The predicted molar refractivity (Wildman–Crippen MR) is 167 cm³/mol. The lowest BCUT2D eigenvalue weighted by atomic mass is 10.0. The van der Waals surface area contributed by atoms with Gasteiger partial charge >= 0.3 is 12.2 Å². The molecule has 228 valence electrons. The van der Waals surface area contributed by atoms with E-state index in [1.54, 1.807) is 33.5 Å². The lowest BCUT2D eigenvalue weighted by molar-refractivity contribution is -0.116. The van der Waals surface area contributed by atoms with Gasteiger partial charge in [-0.15, -0.1) is 22.7 Å². The molecule has 1 atom stereocenters. The Morgan fingerprint density at radius 1 is 1.12 bits per heavy atom. The third kappa shape index (κ3) is 7.77. The molecule has 4 rings (SSSR count). The molecule has 0 spiro atoms. The quantitative estimate of drug-likeness (QED) is 0.302. The highest BCUT2D eigenvalue weighted by molar-refractivity contribution is 7.22. The van der Waals surface area contributed by atoms with Crippen LogP contribution in [-0.4, -0.2) is 68.2 Å². The molecule has 3 aromatic rings. The van der Waals surface area contributed by atoms with Crippen LogP contribution in [0.4, 0.5) is 14.6 Å². The Labute approximate surface area is 255 Å². The Hall–Kier alpha value is -3.25. The van der Waals surface area contributed by atoms with Crippen LogP contribution in [-0.2, 0) is 27.2 Å². The van der Waals surface area contributed by atoms with Crippen LogP contribution in [0.25, 0.3) is 20.8 Å². The molecule has 0 aromatic carbocycles. The van der Waals surface area contributed by atoms with Gasteiger partial charge in [-0.25, -0.2) is 14.6 Å². The highest BCUT2D eigenvalue weighted by atomic mass is 32.1. The van der Waals surface area contributed by atoms with Crippen molar-refractivity contribution in [1.29, 1.82) is 0 Å². The zero-order chi connectivity index (χ0) is 30.8. The minimum absolute atomic E-state index is 0.0764. The summed E-state index contributed by atoms with van der Waals surface area (Å²) >= 11 is 3.01. The molecule has 1 aliphatic heterocycles. The highest BCUT2D eigenvalue weighted by Crippen LogP contribution is 2.45. The second-order valence-corrected chi connectivity index (χ2v) is 14.6. The van der Waals surface area contributed by atoms with E-state index in [0.29, 0.717) is 24.5 Å². The summed E-state index contributed by atoms with van der Waals surface area (Å²) in [5.41, 5.74) is 1.55. The van der Waals surface area contributed by atoms with Gasteiger partial charge in [0.25, 0.3) is 0 Å². The Morgan fingerprint density at radius 3 is 2.48 bits per heavy atom. The number of anilines is 1. The monoisotopic (exact) mass is 615 g/mol. The van der Waals surface area contributed by atoms with Crippen molar-refractivity contribution >= 4 is 56.0 Å². The maximum Gasteiger partial charge on any atom is 0.410 e. The lowest BCUT2D eigenvalue weighted by Gasteiger charge is -2.31. The van der Waals surface area contributed by atoms with Crippen LogP contribution in [0.1, 0.15) is 78.7 Å². The number of carbonyl (C=O) groups excluding carboxylic acids is 3. The zero-order valence-electron chi connectivity index (χ0n) is 25.7. The number of nitrogens with one attached hydrogen (secondary N) is 1. The lowest BCUT2D eigenvalue weighted by Crippen LogP contribution is -2.43. The molecule has 10 nitrogen and oxygen atoms in total. The van der Waals surface area contributed by atoms with E-state index in [9.17, 15) is 14.4 Å². The summed E-state index contributed by atoms with van der Waals surface area (Å²) in [4.78, 5) is 52.4. The van der Waals surface area contributed by atoms with Crippen molar-refractivity contribution in [1.82, 2.24) is 19.8 Å². The standard InChI is InChI=1S/C30H41N5O5S2/c1-9-18(2)35(28(38)40-30(6,7)8)15-12-23(36)33-26-24(25-32-20-16-31-13-10-21(20)41-25)19-11-14-34(17-22(19)42-26)27(37)39-29(3,4)5/h10,13,16,18H,9,11-12,14-15,17H2,1-8H3,(H,33,36). The molecule has 0 fully saturated rings. The number of fused-ring (bicyclic) bond motifs is 2. The minimum atomic E-state index is -0.629. The molecule has 0 saturated heterocycles. The smallest absolute Gasteiger partial charge is 0.410 e. The van der Waals surface area contributed by atoms with Crippen molar-refractivity contribution in [2.75, 3.05) is 18.4 Å². The molecule has 0 bridgehead atoms. The summed E-state index contributed by atoms with van der Waals surface area (Å²) in [6.45, 7) is 16.1. The van der Waals surface area contributed by atoms with Crippen LogP contribution >= 0.6 is 22.7 Å². The van der Waals surface area contributed by atoms with E-state index < -0.39 is 17.3 Å². The van der Waals surface area contributed by atoms with Crippen LogP contribution in [0.15, 0.2) is 18.5 Å². The number of thiazole rings is 1. The zero-order valence-corrected chi connectivity index (χ0v) is 27.3. The fourth-order valence-electron chi connectivity index (χ4n) is 4.53. The van der Waals surface area contributed by atoms with Gasteiger partial charge in [-0.2, -0.15) is 0 Å². The summed E-state index contributed by atoms with van der Waals surface area (Å²) in [5, 5.41) is 4.60. The van der Waals surface area contributed by atoms with Crippen molar-refractivity contribution in [2.24, 2.45) is 0 Å². The number of hydrogen-bond acceptors (Lipinski definition) is 9. The van der Waals surface area contributed by atoms with Gasteiger partial charge in [-0.3, -0.25) is 9.78 Å². The highest BCUT2D eigenvalue weighted by Gasteiger charge is 2.32.